The molecule has 1 saturated carbocycles. The maximum absolute atomic E-state index is 12.4. The molecule has 1 aromatic rings. The third-order valence-electron chi connectivity index (χ3n) is 4.04. The standard InChI is InChI=1S/C15H25N3O2S/c1-3-18(4-2)21(19,20)14-10-11-15(16-12-14)17-13-8-6-5-7-9-13/h10-13H,3-9H2,1-2H3,(H,16,17). The number of rotatable bonds is 6. The smallest absolute Gasteiger partial charge is 0.244 e. The Labute approximate surface area is 127 Å². The summed E-state index contributed by atoms with van der Waals surface area (Å²) >= 11 is 0. The Hall–Kier alpha value is -1.14. The molecule has 0 aliphatic heterocycles. The molecule has 5 nitrogen and oxygen atoms in total. The van der Waals surface area contributed by atoms with Crippen molar-refractivity contribution in [2.75, 3.05) is 18.4 Å². The molecule has 0 unspecified atom stereocenters. The molecule has 0 aromatic carbocycles. The summed E-state index contributed by atoms with van der Waals surface area (Å²) < 4.78 is 26.2. The van der Waals surface area contributed by atoms with Crippen molar-refractivity contribution in [2.24, 2.45) is 0 Å². The summed E-state index contributed by atoms with van der Waals surface area (Å²) in [4.78, 5) is 4.54. The Morgan fingerprint density at radius 1 is 1.19 bits per heavy atom. The Morgan fingerprint density at radius 3 is 2.38 bits per heavy atom. The number of nitrogens with one attached hydrogen (secondary N) is 1. The highest BCUT2D eigenvalue weighted by molar-refractivity contribution is 7.89. The molecule has 2 rings (SSSR count). The van der Waals surface area contributed by atoms with Gasteiger partial charge in [0.1, 0.15) is 10.7 Å². The topological polar surface area (TPSA) is 62.3 Å². The molecule has 0 atom stereocenters. The number of sulfonamides is 1. The lowest BCUT2D eigenvalue weighted by Gasteiger charge is -2.23. The van der Waals surface area contributed by atoms with Gasteiger partial charge in [-0.3, -0.25) is 0 Å². The maximum Gasteiger partial charge on any atom is 0.244 e. The van der Waals surface area contributed by atoms with E-state index in [0.29, 0.717) is 19.1 Å². The van der Waals surface area contributed by atoms with Gasteiger partial charge in [-0.2, -0.15) is 4.31 Å². The molecule has 118 valence electrons. The monoisotopic (exact) mass is 311 g/mol. The maximum atomic E-state index is 12.4. The van der Waals surface area contributed by atoms with Crippen molar-refractivity contribution in [1.29, 1.82) is 0 Å². The first kappa shape index (κ1) is 16.2. The van der Waals surface area contributed by atoms with E-state index in [-0.39, 0.29) is 4.90 Å². The largest absolute Gasteiger partial charge is 0.367 e. The van der Waals surface area contributed by atoms with Crippen LogP contribution in [0.1, 0.15) is 46.0 Å². The summed E-state index contributed by atoms with van der Waals surface area (Å²) in [5.41, 5.74) is 0. The highest BCUT2D eigenvalue weighted by atomic mass is 32.2. The molecular weight excluding hydrogens is 286 g/mol. The molecule has 0 amide bonds. The van der Waals surface area contributed by atoms with Gasteiger partial charge in [-0.25, -0.2) is 13.4 Å². The van der Waals surface area contributed by atoms with E-state index in [1.165, 1.54) is 42.6 Å². The Morgan fingerprint density at radius 2 is 1.86 bits per heavy atom. The van der Waals surface area contributed by atoms with Crippen molar-refractivity contribution in [3.05, 3.63) is 18.3 Å². The molecule has 1 N–H and O–H groups in total. The van der Waals surface area contributed by atoms with Crippen molar-refractivity contribution in [3.63, 3.8) is 0 Å². The molecule has 1 aliphatic rings. The minimum absolute atomic E-state index is 0.264. The number of nitrogens with zero attached hydrogens (tertiary/aromatic N) is 2. The van der Waals surface area contributed by atoms with Crippen LogP contribution >= 0.6 is 0 Å². The molecule has 0 radical (unpaired) electrons. The fraction of sp³-hybridized carbons (Fsp3) is 0.667. The van der Waals surface area contributed by atoms with Crippen molar-refractivity contribution in [3.8, 4) is 0 Å². The first-order valence-corrected chi connectivity index (χ1v) is 9.24. The number of hydrogen-bond acceptors (Lipinski definition) is 4. The normalized spacial score (nSPS) is 17.1. The lowest BCUT2D eigenvalue weighted by atomic mass is 9.95. The number of aromatic nitrogens is 1. The molecule has 1 aromatic heterocycles. The zero-order chi connectivity index (χ0) is 15.3. The minimum atomic E-state index is -3.41. The highest BCUT2D eigenvalue weighted by Gasteiger charge is 2.22. The first-order chi connectivity index (χ1) is 10.1. The number of anilines is 1. The zero-order valence-corrected chi connectivity index (χ0v) is 13.7. The highest BCUT2D eigenvalue weighted by Crippen LogP contribution is 2.22. The second-order valence-electron chi connectivity index (χ2n) is 5.45. The quantitative estimate of drug-likeness (QED) is 0.877. The van der Waals surface area contributed by atoms with E-state index in [1.54, 1.807) is 12.1 Å². The van der Waals surface area contributed by atoms with Gasteiger partial charge in [0.2, 0.25) is 10.0 Å². The molecule has 1 aliphatic carbocycles. The predicted molar refractivity (Wildman–Crippen MR) is 84.8 cm³/mol. The van der Waals surface area contributed by atoms with Crippen LogP contribution in [-0.4, -0.2) is 36.8 Å². The van der Waals surface area contributed by atoms with Crippen LogP contribution in [0.2, 0.25) is 0 Å². The van der Waals surface area contributed by atoms with Gasteiger partial charge < -0.3 is 5.32 Å². The number of pyridine rings is 1. The van der Waals surface area contributed by atoms with Crippen LogP contribution in [0.3, 0.4) is 0 Å². The van der Waals surface area contributed by atoms with E-state index in [2.05, 4.69) is 10.3 Å². The Balaban J connectivity index is 2.07. The molecule has 1 heterocycles. The SMILES string of the molecule is CCN(CC)S(=O)(=O)c1ccc(NC2CCCCC2)nc1. The summed E-state index contributed by atoms with van der Waals surface area (Å²) in [5, 5.41) is 3.40. The van der Waals surface area contributed by atoms with Gasteiger partial charge in [0, 0.05) is 25.3 Å². The van der Waals surface area contributed by atoms with Crippen LogP contribution in [0.25, 0.3) is 0 Å². The molecule has 6 heteroatoms. The van der Waals surface area contributed by atoms with Crippen molar-refractivity contribution in [1.82, 2.24) is 9.29 Å². The number of hydrogen-bond donors (Lipinski definition) is 1. The van der Waals surface area contributed by atoms with Crippen molar-refractivity contribution in [2.45, 2.75) is 56.9 Å². The minimum Gasteiger partial charge on any atom is -0.367 e. The van der Waals surface area contributed by atoms with Crippen LogP contribution in [0.4, 0.5) is 5.82 Å². The lowest BCUT2D eigenvalue weighted by Crippen LogP contribution is -2.30. The molecule has 0 saturated heterocycles. The summed E-state index contributed by atoms with van der Waals surface area (Å²) in [7, 11) is -3.41. The molecule has 0 bridgehead atoms. The van der Waals surface area contributed by atoms with E-state index in [9.17, 15) is 8.42 Å². The van der Waals surface area contributed by atoms with Gasteiger partial charge in [0.05, 0.1) is 0 Å². The molecule has 0 spiro atoms. The van der Waals surface area contributed by atoms with Gasteiger partial charge >= 0.3 is 0 Å². The molecule has 1 fully saturated rings. The van der Waals surface area contributed by atoms with Gasteiger partial charge in [-0.15, -0.1) is 0 Å². The summed E-state index contributed by atoms with van der Waals surface area (Å²) in [6.07, 6.45) is 7.62. The second-order valence-corrected chi connectivity index (χ2v) is 7.39. The summed E-state index contributed by atoms with van der Waals surface area (Å²) in [6.45, 7) is 4.63. The van der Waals surface area contributed by atoms with Crippen LogP contribution in [0.15, 0.2) is 23.2 Å². The third kappa shape index (κ3) is 3.95. The molecule has 21 heavy (non-hydrogen) atoms. The van der Waals surface area contributed by atoms with Crippen LogP contribution in [0.5, 0.6) is 0 Å². The predicted octanol–water partition coefficient (Wildman–Crippen LogP) is 2.86. The van der Waals surface area contributed by atoms with E-state index in [0.717, 1.165) is 5.82 Å². The van der Waals surface area contributed by atoms with Crippen LogP contribution in [-0.2, 0) is 10.0 Å². The average Bonchev–Trinajstić information content (AvgIpc) is 2.50. The summed E-state index contributed by atoms with van der Waals surface area (Å²) in [5.74, 6) is 0.764. The van der Waals surface area contributed by atoms with Gasteiger partial charge in [0.15, 0.2) is 0 Å². The lowest BCUT2D eigenvalue weighted by molar-refractivity contribution is 0.445. The first-order valence-electron chi connectivity index (χ1n) is 7.80. The zero-order valence-electron chi connectivity index (χ0n) is 12.9. The van der Waals surface area contributed by atoms with Gasteiger partial charge in [0.25, 0.3) is 0 Å². The van der Waals surface area contributed by atoms with Crippen LogP contribution in [0, 0.1) is 0 Å². The van der Waals surface area contributed by atoms with Crippen LogP contribution < -0.4 is 5.32 Å². The van der Waals surface area contributed by atoms with E-state index >= 15 is 0 Å². The van der Waals surface area contributed by atoms with Gasteiger partial charge in [-0.05, 0) is 25.0 Å². The average molecular weight is 311 g/mol. The second kappa shape index (κ2) is 7.22. The van der Waals surface area contributed by atoms with E-state index < -0.39 is 10.0 Å². The Bertz CT molecular complexity index is 533. The molecular formula is C15H25N3O2S. The van der Waals surface area contributed by atoms with Gasteiger partial charge in [-0.1, -0.05) is 33.1 Å². The van der Waals surface area contributed by atoms with Crippen molar-refractivity contribution >= 4 is 15.8 Å². The third-order valence-corrected chi connectivity index (χ3v) is 6.07. The fourth-order valence-electron chi connectivity index (χ4n) is 2.79. The van der Waals surface area contributed by atoms with Crippen molar-refractivity contribution < 1.29 is 8.42 Å². The van der Waals surface area contributed by atoms with E-state index in [4.69, 9.17) is 0 Å². The fourth-order valence-corrected chi connectivity index (χ4v) is 4.19. The Kier molecular flexibility index (Phi) is 5.58. The van der Waals surface area contributed by atoms with E-state index in [1.807, 2.05) is 13.8 Å². The summed E-state index contributed by atoms with van der Waals surface area (Å²) in [6, 6.07) is 3.88.